The Balaban J connectivity index is 0.00000243. The number of alkyl halides is 3. The maximum absolute atomic E-state index is 12.5. The third-order valence-corrected chi connectivity index (χ3v) is 4.26. The van der Waals surface area contributed by atoms with Crippen LogP contribution in [0.15, 0.2) is 24.3 Å². The van der Waals surface area contributed by atoms with E-state index in [-0.39, 0.29) is 36.0 Å². The zero-order chi connectivity index (χ0) is 18.0. The van der Waals surface area contributed by atoms with E-state index in [1.807, 2.05) is 0 Å². The van der Waals surface area contributed by atoms with Gasteiger partial charge in [-0.05, 0) is 37.9 Å². The van der Waals surface area contributed by atoms with Crippen molar-refractivity contribution in [3.05, 3.63) is 24.3 Å². The van der Waals surface area contributed by atoms with Crippen LogP contribution in [-0.2, 0) is 9.59 Å². The van der Waals surface area contributed by atoms with Crippen molar-refractivity contribution in [1.82, 2.24) is 10.6 Å². The van der Waals surface area contributed by atoms with Crippen LogP contribution in [0.2, 0.25) is 0 Å². The van der Waals surface area contributed by atoms with E-state index in [1.165, 1.54) is 23.1 Å². The van der Waals surface area contributed by atoms with Gasteiger partial charge in [0.15, 0.2) is 0 Å². The van der Waals surface area contributed by atoms with E-state index in [4.69, 9.17) is 0 Å². The van der Waals surface area contributed by atoms with Crippen LogP contribution in [0.5, 0.6) is 5.75 Å². The lowest BCUT2D eigenvalue weighted by Gasteiger charge is -2.19. The Labute approximate surface area is 154 Å². The molecule has 26 heavy (non-hydrogen) atoms. The number of hydrogen-bond acceptors (Lipinski definition) is 4. The molecule has 0 bridgehead atoms. The van der Waals surface area contributed by atoms with Gasteiger partial charge in [0.05, 0.1) is 6.04 Å². The van der Waals surface area contributed by atoms with Gasteiger partial charge in [0, 0.05) is 18.3 Å². The standard InChI is InChI=1S/C16H18F3N3O3.ClH/c17-16(18,19)25-11-4-1-3-10(9-11)22-8-6-13(15(22)24)21-14(23)12-5-2-7-20-12;/h1,3-4,9,12-13,20H,2,5-8H2,(H,21,23);1H. The highest BCUT2D eigenvalue weighted by Crippen LogP contribution is 2.29. The summed E-state index contributed by atoms with van der Waals surface area (Å²) in [7, 11) is 0. The molecule has 2 saturated heterocycles. The van der Waals surface area contributed by atoms with Gasteiger partial charge in [-0.15, -0.1) is 25.6 Å². The van der Waals surface area contributed by atoms with E-state index in [1.54, 1.807) is 0 Å². The summed E-state index contributed by atoms with van der Waals surface area (Å²) in [6.45, 7) is 1.09. The first kappa shape index (κ1) is 20.3. The number of nitrogens with zero attached hydrogens (tertiary/aromatic N) is 1. The number of anilines is 1. The SMILES string of the molecule is Cl.O=C(NC1CCN(c2cccc(OC(F)(F)F)c2)C1=O)C1CCCN1. The number of nitrogens with one attached hydrogen (secondary N) is 2. The summed E-state index contributed by atoms with van der Waals surface area (Å²) in [4.78, 5) is 25.9. The van der Waals surface area contributed by atoms with Crippen molar-refractivity contribution < 1.29 is 27.5 Å². The van der Waals surface area contributed by atoms with E-state index in [0.29, 0.717) is 18.7 Å². The average molecular weight is 394 g/mol. The monoisotopic (exact) mass is 393 g/mol. The Kier molecular flexibility index (Phi) is 6.35. The average Bonchev–Trinajstić information content (AvgIpc) is 3.17. The van der Waals surface area contributed by atoms with Gasteiger partial charge in [0.2, 0.25) is 11.8 Å². The Hall–Kier alpha value is -2.00. The van der Waals surface area contributed by atoms with Crippen molar-refractivity contribution in [2.75, 3.05) is 18.0 Å². The minimum absolute atomic E-state index is 0. The molecule has 1 aromatic carbocycles. The maximum Gasteiger partial charge on any atom is 0.573 e. The number of ether oxygens (including phenoxy) is 1. The molecule has 3 rings (SSSR count). The summed E-state index contributed by atoms with van der Waals surface area (Å²) in [5, 5.41) is 5.78. The van der Waals surface area contributed by atoms with Gasteiger partial charge >= 0.3 is 6.36 Å². The lowest BCUT2D eigenvalue weighted by molar-refractivity contribution is -0.274. The number of amides is 2. The van der Waals surface area contributed by atoms with Crippen LogP contribution in [0.1, 0.15) is 19.3 Å². The van der Waals surface area contributed by atoms with Crippen LogP contribution in [0, 0.1) is 0 Å². The van der Waals surface area contributed by atoms with Crippen LogP contribution in [0.4, 0.5) is 18.9 Å². The van der Waals surface area contributed by atoms with Crippen molar-refractivity contribution >= 4 is 29.9 Å². The van der Waals surface area contributed by atoms with E-state index in [0.717, 1.165) is 25.5 Å². The van der Waals surface area contributed by atoms with Crippen molar-refractivity contribution in [1.29, 1.82) is 0 Å². The molecule has 2 heterocycles. The highest BCUT2D eigenvalue weighted by Gasteiger charge is 2.36. The van der Waals surface area contributed by atoms with Gasteiger partial charge in [-0.1, -0.05) is 6.07 Å². The number of hydrogen-bond donors (Lipinski definition) is 2. The fourth-order valence-corrected chi connectivity index (χ4v) is 3.10. The zero-order valence-electron chi connectivity index (χ0n) is 13.7. The Morgan fingerprint density at radius 1 is 1.31 bits per heavy atom. The van der Waals surface area contributed by atoms with Crippen molar-refractivity contribution in [2.24, 2.45) is 0 Å². The van der Waals surface area contributed by atoms with E-state index in [9.17, 15) is 22.8 Å². The molecule has 10 heteroatoms. The van der Waals surface area contributed by atoms with Gasteiger partial charge < -0.3 is 20.3 Å². The zero-order valence-corrected chi connectivity index (χ0v) is 14.5. The second-order valence-corrected chi connectivity index (χ2v) is 6.03. The van der Waals surface area contributed by atoms with Gasteiger partial charge in [0.1, 0.15) is 11.8 Å². The number of carbonyl (C=O) groups excluding carboxylic acids is 2. The number of rotatable bonds is 4. The van der Waals surface area contributed by atoms with Crippen molar-refractivity contribution in [2.45, 2.75) is 37.7 Å². The van der Waals surface area contributed by atoms with Gasteiger partial charge in [-0.3, -0.25) is 9.59 Å². The van der Waals surface area contributed by atoms with E-state index < -0.39 is 12.4 Å². The highest BCUT2D eigenvalue weighted by molar-refractivity contribution is 6.01. The van der Waals surface area contributed by atoms with Gasteiger partial charge in [-0.25, -0.2) is 0 Å². The second-order valence-electron chi connectivity index (χ2n) is 6.03. The quantitative estimate of drug-likeness (QED) is 0.820. The Morgan fingerprint density at radius 3 is 2.73 bits per heavy atom. The number of benzene rings is 1. The van der Waals surface area contributed by atoms with E-state index in [2.05, 4.69) is 15.4 Å². The Morgan fingerprint density at radius 2 is 2.08 bits per heavy atom. The molecule has 0 radical (unpaired) electrons. The highest BCUT2D eigenvalue weighted by atomic mass is 35.5. The first-order valence-corrected chi connectivity index (χ1v) is 8.04. The smallest absolute Gasteiger partial charge is 0.406 e. The molecule has 6 nitrogen and oxygen atoms in total. The topological polar surface area (TPSA) is 70.7 Å². The number of halogens is 4. The predicted molar refractivity (Wildman–Crippen MR) is 90.3 cm³/mol. The molecule has 0 aliphatic carbocycles. The molecule has 144 valence electrons. The molecule has 2 N–H and O–H groups in total. The van der Waals surface area contributed by atoms with E-state index >= 15 is 0 Å². The first-order valence-electron chi connectivity index (χ1n) is 8.04. The molecule has 2 aliphatic rings. The number of carbonyl (C=O) groups is 2. The molecule has 2 unspecified atom stereocenters. The molecule has 1 aromatic rings. The Bertz CT molecular complexity index is 666. The molecule has 2 aliphatic heterocycles. The van der Waals surface area contributed by atoms with Crippen LogP contribution >= 0.6 is 12.4 Å². The largest absolute Gasteiger partial charge is 0.573 e. The minimum atomic E-state index is -4.79. The lowest BCUT2D eigenvalue weighted by atomic mass is 10.2. The minimum Gasteiger partial charge on any atom is -0.406 e. The summed E-state index contributed by atoms with van der Waals surface area (Å²) in [5.74, 6) is -0.942. The summed E-state index contributed by atoms with van der Waals surface area (Å²) in [5.41, 5.74) is 0.308. The van der Waals surface area contributed by atoms with Crippen LogP contribution < -0.4 is 20.3 Å². The molecular formula is C16H19ClF3N3O3. The lowest BCUT2D eigenvalue weighted by Crippen LogP contribution is -2.48. The predicted octanol–water partition coefficient (Wildman–Crippen LogP) is 1.98. The summed E-state index contributed by atoms with van der Waals surface area (Å²) in [6.07, 6.45) is -2.75. The molecule has 0 spiro atoms. The van der Waals surface area contributed by atoms with Crippen LogP contribution in [0.3, 0.4) is 0 Å². The first-order chi connectivity index (χ1) is 11.8. The summed E-state index contributed by atoms with van der Waals surface area (Å²) >= 11 is 0. The molecule has 2 atom stereocenters. The fraction of sp³-hybridized carbons (Fsp3) is 0.500. The third-order valence-electron chi connectivity index (χ3n) is 4.26. The third kappa shape index (κ3) is 4.79. The van der Waals surface area contributed by atoms with Gasteiger partial charge in [-0.2, -0.15) is 0 Å². The molecule has 0 aromatic heterocycles. The summed E-state index contributed by atoms with van der Waals surface area (Å²) in [6, 6.07) is 4.30. The van der Waals surface area contributed by atoms with Crippen molar-refractivity contribution in [3.63, 3.8) is 0 Å². The van der Waals surface area contributed by atoms with Crippen LogP contribution in [0.25, 0.3) is 0 Å². The second kappa shape index (κ2) is 8.13. The molecule has 2 amide bonds. The normalized spacial score (nSPS) is 22.9. The maximum atomic E-state index is 12.5. The molecule has 0 saturated carbocycles. The van der Waals surface area contributed by atoms with Crippen molar-refractivity contribution in [3.8, 4) is 5.75 Å². The summed E-state index contributed by atoms with van der Waals surface area (Å²) < 4.78 is 40.9. The molecule has 2 fully saturated rings. The molecular weight excluding hydrogens is 375 g/mol. The van der Waals surface area contributed by atoms with Crippen LogP contribution in [-0.4, -0.2) is 43.3 Å². The fourth-order valence-electron chi connectivity index (χ4n) is 3.10. The van der Waals surface area contributed by atoms with Gasteiger partial charge in [0.25, 0.3) is 0 Å².